The van der Waals surface area contributed by atoms with Crippen LogP contribution in [0, 0.1) is 0 Å². The number of piperidine rings is 1. The first-order valence-electron chi connectivity index (χ1n) is 10.5. The van der Waals surface area contributed by atoms with Gasteiger partial charge < -0.3 is 14.5 Å². The van der Waals surface area contributed by atoms with Crippen molar-refractivity contribution in [2.45, 2.75) is 50.3 Å². The average molecular weight is 386 g/mol. The highest BCUT2D eigenvalue weighted by atomic mass is 16.5. The lowest BCUT2D eigenvalue weighted by atomic mass is 9.87. The molecule has 1 atom stereocenters. The van der Waals surface area contributed by atoms with Crippen molar-refractivity contribution in [1.82, 2.24) is 14.7 Å². The fourth-order valence-corrected chi connectivity index (χ4v) is 4.80. The first kappa shape index (κ1) is 19.4. The summed E-state index contributed by atoms with van der Waals surface area (Å²) >= 11 is 0. The summed E-state index contributed by atoms with van der Waals surface area (Å²) in [5.74, 6) is 0.414. The van der Waals surface area contributed by atoms with E-state index in [1.807, 2.05) is 35.0 Å². The number of benzene rings is 1. The lowest BCUT2D eigenvalue weighted by molar-refractivity contribution is -0.144. The fourth-order valence-electron chi connectivity index (χ4n) is 4.80. The molecular formula is C22H31N3O3. The first-order valence-corrected chi connectivity index (χ1v) is 10.5. The van der Waals surface area contributed by atoms with Crippen LogP contribution in [0.5, 0.6) is 0 Å². The molecule has 6 heteroatoms. The zero-order valence-corrected chi connectivity index (χ0v) is 16.8. The van der Waals surface area contributed by atoms with Gasteiger partial charge in [-0.1, -0.05) is 30.3 Å². The molecule has 3 aliphatic rings. The molecule has 1 aromatic rings. The Hall–Kier alpha value is -1.92. The second-order valence-electron chi connectivity index (χ2n) is 8.47. The Balaban J connectivity index is 1.35. The van der Waals surface area contributed by atoms with Crippen LogP contribution >= 0.6 is 0 Å². The average Bonchev–Trinajstić information content (AvgIpc) is 3.07. The maximum Gasteiger partial charge on any atom is 0.239 e. The molecular weight excluding hydrogens is 354 g/mol. The van der Waals surface area contributed by atoms with E-state index in [4.69, 9.17) is 4.74 Å². The summed E-state index contributed by atoms with van der Waals surface area (Å²) in [6, 6.07) is 10.1. The van der Waals surface area contributed by atoms with Gasteiger partial charge in [0.15, 0.2) is 0 Å². The first-order chi connectivity index (χ1) is 13.6. The molecule has 0 radical (unpaired) electrons. The van der Waals surface area contributed by atoms with Gasteiger partial charge in [0.2, 0.25) is 11.8 Å². The van der Waals surface area contributed by atoms with Crippen LogP contribution in [0.4, 0.5) is 0 Å². The maximum atomic E-state index is 12.9. The van der Waals surface area contributed by atoms with Crippen LogP contribution in [0.3, 0.4) is 0 Å². The molecule has 2 amide bonds. The molecule has 0 aliphatic carbocycles. The van der Waals surface area contributed by atoms with E-state index >= 15 is 0 Å². The van der Waals surface area contributed by atoms with Gasteiger partial charge in [0.05, 0.1) is 24.7 Å². The number of likely N-dealkylation sites (N-methyl/N-ethyl adjacent to an activating group) is 1. The third kappa shape index (κ3) is 4.08. The standard InChI is InChI=1S/C22H31N3O3/c1-23-11-5-8-19(23)21(27)24-12-9-22(10-13-24)16-20(26)25(14-15-28-22)17-18-6-3-2-4-7-18/h2-4,6-7,19H,5,8-17H2,1H3/t19-/m0/s1. The highest BCUT2D eigenvalue weighted by Gasteiger charge is 2.42. The minimum absolute atomic E-state index is 0.0343. The SMILES string of the molecule is CN1CCC[C@H]1C(=O)N1CCC2(CC1)CC(=O)N(Cc1ccccc1)CCO2. The van der Waals surface area contributed by atoms with Gasteiger partial charge in [-0.05, 0) is 44.8 Å². The Morgan fingerprint density at radius 2 is 1.89 bits per heavy atom. The summed E-state index contributed by atoms with van der Waals surface area (Å²) in [6.07, 6.45) is 3.98. The predicted molar refractivity (Wildman–Crippen MR) is 107 cm³/mol. The molecule has 152 valence electrons. The van der Waals surface area contributed by atoms with Crippen LogP contribution in [0.15, 0.2) is 30.3 Å². The van der Waals surface area contributed by atoms with E-state index in [1.165, 1.54) is 0 Å². The maximum absolute atomic E-state index is 12.9. The van der Waals surface area contributed by atoms with Gasteiger partial charge in [0, 0.05) is 26.2 Å². The Labute approximate surface area is 167 Å². The Kier molecular flexibility index (Phi) is 5.69. The fraction of sp³-hybridized carbons (Fsp3) is 0.636. The lowest BCUT2D eigenvalue weighted by Crippen LogP contribution is -2.52. The third-order valence-electron chi connectivity index (χ3n) is 6.60. The Morgan fingerprint density at radius 3 is 2.57 bits per heavy atom. The number of nitrogens with zero attached hydrogens (tertiary/aromatic N) is 3. The van der Waals surface area contributed by atoms with Crippen molar-refractivity contribution in [1.29, 1.82) is 0 Å². The van der Waals surface area contributed by atoms with Crippen LogP contribution in [0.2, 0.25) is 0 Å². The van der Waals surface area contributed by atoms with E-state index in [-0.39, 0.29) is 17.9 Å². The molecule has 3 aliphatic heterocycles. The largest absolute Gasteiger partial charge is 0.372 e. The van der Waals surface area contributed by atoms with Gasteiger partial charge in [0.1, 0.15) is 0 Å². The van der Waals surface area contributed by atoms with Crippen molar-refractivity contribution in [3.05, 3.63) is 35.9 Å². The molecule has 0 unspecified atom stereocenters. The minimum Gasteiger partial charge on any atom is -0.372 e. The van der Waals surface area contributed by atoms with E-state index in [2.05, 4.69) is 17.0 Å². The minimum atomic E-state index is -0.402. The van der Waals surface area contributed by atoms with E-state index in [0.29, 0.717) is 39.2 Å². The summed E-state index contributed by atoms with van der Waals surface area (Å²) < 4.78 is 6.23. The normalized spacial score (nSPS) is 25.9. The second kappa shape index (κ2) is 8.21. The van der Waals surface area contributed by atoms with Gasteiger partial charge in [-0.2, -0.15) is 0 Å². The molecule has 1 spiro atoms. The zero-order chi connectivity index (χ0) is 19.6. The molecule has 0 bridgehead atoms. The monoisotopic (exact) mass is 385 g/mol. The second-order valence-corrected chi connectivity index (χ2v) is 8.47. The zero-order valence-electron chi connectivity index (χ0n) is 16.8. The molecule has 3 saturated heterocycles. The van der Waals surface area contributed by atoms with Crippen LogP contribution in [0.25, 0.3) is 0 Å². The summed E-state index contributed by atoms with van der Waals surface area (Å²) in [7, 11) is 2.04. The predicted octanol–water partition coefficient (Wildman–Crippen LogP) is 1.89. The summed E-state index contributed by atoms with van der Waals surface area (Å²) in [5.41, 5.74) is 0.744. The van der Waals surface area contributed by atoms with Crippen LogP contribution < -0.4 is 0 Å². The number of carbonyl (C=O) groups is 2. The van der Waals surface area contributed by atoms with E-state index in [9.17, 15) is 9.59 Å². The number of amides is 2. The van der Waals surface area contributed by atoms with E-state index in [1.54, 1.807) is 0 Å². The molecule has 4 rings (SSSR count). The van der Waals surface area contributed by atoms with Gasteiger partial charge >= 0.3 is 0 Å². The number of rotatable bonds is 3. The Bertz CT molecular complexity index is 700. The number of hydrogen-bond acceptors (Lipinski definition) is 4. The summed E-state index contributed by atoms with van der Waals surface area (Å²) in [4.78, 5) is 31.8. The number of hydrogen-bond donors (Lipinski definition) is 0. The van der Waals surface area contributed by atoms with Crippen LogP contribution in [-0.2, 0) is 20.9 Å². The highest BCUT2D eigenvalue weighted by molar-refractivity contribution is 5.82. The quantitative estimate of drug-likeness (QED) is 0.797. The van der Waals surface area contributed by atoms with Crippen molar-refractivity contribution >= 4 is 11.8 Å². The number of carbonyl (C=O) groups excluding carboxylic acids is 2. The Morgan fingerprint density at radius 1 is 1.14 bits per heavy atom. The molecule has 3 heterocycles. The van der Waals surface area contributed by atoms with Crippen molar-refractivity contribution in [3.63, 3.8) is 0 Å². The molecule has 0 N–H and O–H groups in total. The van der Waals surface area contributed by atoms with Gasteiger partial charge in [-0.25, -0.2) is 0 Å². The molecule has 0 saturated carbocycles. The lowest BCUT2D eigenvalue weighted by Gasteiger charge is -2.41. The van der Waals surface area contributed by atoms with Crippen molar-refractivity contribution in [2.24, 2.45) is 0 Å². The summed E-state index contributed by atoms with van der Waals surface area (Å²) in [6.45, 7) is 4.22. The van der Waals surface area contributed by atoms with Crippen molar-refractivity contribution in [2.75, 3.05) is 39.8 Å². The summed E-state index contributed by atoms with van der Waals surface area (Å²) in [5, 5.41) is 0. The van der Waals surface area contributed by atoms with Gasteiger partial charge in [0.25, 0.3) is 0 Å². The van der Waals surface area contributed by atoms with Gasteiger partial charge in [-0.15, -0.1) is 0 Å². The van der Waals surface area contributed by atoms with Crippen LogP contribution in [0.1, 0.15) is 37.7 Å². The number of ether oxygens (including phenoxy) is 1. The molecule has 1 aromatic carbocycles. The highest BCUT2D eigenvalue weighted by Crippen LogP contribution is 2.33. The molecule has 0 aromatic heterocycles. The van der Waals surface area contributed by atoms with Gasteiger partial charge in [-0.3, -0.25) is 14.5 Å². The molecule has 3 fully saturated rings. The van der Waals surface area contributed by atoms with Crippen molar-refractivity contribution < 1.29 is 14.3 Å². The molecule has 28 heavy (non-hydrogen) atoms. The van der Waals surface area contributed by atoms with E-state index in [0.717, 1.165) is 37.8 Å². The number of likely N-dealkylation sites (tertiary alicyclic amines) is 2. The molecule has 6 nitrogen and oxygen atoms in total. The smallest absolute Gasteiger partial charge is 0.239 e. The van der Waals surface area contributed by atoms with Crippen molar-refractivity contribution in [3.8, 4) is 0 Å². The third-order valence-corrected chi connectivity index (χ3v) is 6.60. The topological polar surface area (TPSA) is 53.1 Å². The van der Waals surface area contributed by atoms with E-state index < -0.39 is 5.60 Å². The van der Waals surface area contributed by atoms with Crippen LogP contribution in [-0.4, -0.2) is 78.0 Å².